The summed E-state index contributed by atoms with van der Waals surface area (Å²) in [5.74, 6) is 2.91. The van der Waals surface area contributed by atoms with Crippen LogP contribution >= 0.6 is 0 Å². The van der Waals surface area contributed by atoms with Gasteiger partial charge in [0.25, 0.3) is 0 Å². The zero-order valence-corrected chi connectivity index (χ0v) is 16.8. The van der Waals surface area contributed by atoms with Gasteiger partial charge in [-0.05, 0) is 50.5 Å². The Labute approximate surface area is 166 Å². The third-order valence-electron chi connectivity index (χ3n) is 9.48. The topological polar surface area (TPSA) is 43.0 Å². The molecule has 1 N–H and O–H groups in total. The lowest BCUT2D eigenvalue weighted by Gasteiger charge is -2.73. The van der Waals surface area contributed by atoms with Crippen LogP contribution in [0.2, 0.25) is 0 Å². The van der Waals surface area contributed by atoms with Crippen molar-refractivity contribution >= 4 is 0 Å². The molecule has 4 bridgehead atoms. The van der Waals surface area contributed by atoms with Crippen LogP contribution in [0.25, 0.3) is 0 Å². The first-order valence-corrected chi connectivity index (χ1v) is 10.7. The van der Waals surface area contributed by atoms with Crippen molar-refractivity contribution in [3.63, 3.8) is 0 Å². The average Bonchev–Trinajstić information content (AvgIpc) is 3.35. The summed E-state index contributed by atoms with van der Waals surface area (Å²) >= 11 is 0. The summed E-state index contributed by atoms with van der Waals surface area (Å²) in [6, 6.07) is 4.91. The van der Waals surface area contributed by atoms with Gasteiger partial charge in [-0.3, -0.25) is 0 Å². The number of likely N-dealkylation sites (tertiary alicyclic amines) is 1. The molecule has 7 unspecified atom stereocenters. The van der Waals surface area contributed by atoms with Crippen LogP contribution in [0.4, 0.5) is 0 Å². The van der Waals surface area contributed by atoms with Gasteiger partial charge in [0.1, 0.15) is 11.7 Å². The molecule has 2 saturated heterocycles. The molecule has 3 fully saturated rings. The number of hydrogen-bond donors (Lipinski definition) is 1. The highest BCUT2D eigenvalue weighted by Crippen LogP contribution is 2.76. The van der Waals surface area contributed by atoms with Gasteiger partial charge in [-0.25, -0.2) is 0 Å². The summed E-state index contributed by atoms with van der Waals surface area (Å²) in [7, 11) is 5.97. The molecule has 2 spiro atoms. The second-order valence-electron chi connectivity index (χ2n) is 9.75. The molecule has 3 heterocycles. The minimum Gasteiger partial charge on any atom is -0.493 e. The number of hydrogen-bond acceptors (Lipinski definition) is 5. The van der Waals surface area contributed by atoms with Crippen molar-refractivity contribution in [1.29, 1.82) is 0 Å². The molecule has 7 aliphatic rings. The van der Waals surface area contributed by atoms with Crippen LogP contribution < -0.4 is 14.8 Å². The Kier molecular flexibility index (Phi) is 2.77. The molecule has 8 rings (SSSR count). The van der Waals surface area contributed by atoms with E-state index in [4.69, 9.17) is 14.2 Å². The number of piperidine rings is 1. The van der Waals surface area contributed by atoms with Gasteiger partial charge in [0.2, 0.25) is 0 Å². The molecule has 5 heteroatoms. The minimum atomic E-state index is -0.366. The van der Waals surface area contributed by atoms with E-state index in [-0.39, 0.29) is 22.5 Å². The fourth-order valence-electron chi connectivity index (χ4n) is 8.60. The Morgan fingerprint density at radius 3 is 2.86 bits per heavy atom. The summed E-state index contributed by atoms with van der Waals surface area (Å²) in [5.41, 5.74) is 2.62. The Balaban J connectivity index is 1.62. The van der Waals surface area contributed by atoms with Crippen LogP contribution in [0.5, 0.6) is 11.5 Å². The Morgan fingerprint density at radius 1 is 1.18 bits per heavy atom. The summed E-state index contributed by atoms with van der Waals surface area (Å²) in [4.78, 5) is 2.62. The van der Waals surface area contributed by atoms with Gasteiger partial charge in [-0.2, -0.15) is 0 Å². The molecule has 0 aromatic heterocycles. The van der Waals surface area contributed by atoms with Gasteiger partial charge in [0.05, 0.1) is 12.5 Å². The van der Waals surface area contributed by atoms with Crippen LogP contribution in [-0.2, 0) is 16.6 Å². The molecule has 0 amide bonds. The second kappa shape index (κ2) is 4.77. The number of nitrogens with one attached hydrogen (secondary N) is 1. The normalized spacial score (nSPS) is 49.0. The highest BCUT2D eigenvalue weighted by Gasteiger charge is 2.82. The molecule has 1 saturated carbocycles. The lowest BCUT2D eigenvalue weighted by atomic mass is 9.34. The SMILES string of the molecule is COc1ccc2c3c1OC1C4(OC)C=CC5(C6CNCC64)C(C2)N(C)CCC315. The summed E-state index contributed by atoms with van der Waals surface area (Å²) in [5, 5.41) is 3.72. The van der Waals surface area contributed by atoms with Crippen LogP contribution in [-0.4, -0.2) is 63.5 Å². The average molecular weight is 380 g/mol. The van der Waals surface area contributed by atoms with Gasteiger partial charge < -0.3 is 24.4 Å². The fourth-order valence-corrected chi connectivity index (χ4v) is 8.60. The Morgan fingerprint density at radius 2 is 2.04 bits per heavy atom. The molecular formula is C23H28N2O3. The first-order valence-electron chi connectivity index (χ1n) is 10.7. The smallest absolute Gasteiger partial charge is 0.166 e. The maximum Gasteiger partial charge on any atom is 0.166 e. The van der Waals surface area contributed by atoms with Gasteiger partial charge in [0, 0.05) is 36.6 Å². The predicted octanol–water partition coefficient (Wildman–Crippen LogP) is 1.74. The van der Waals surface area contributed by atoms with Gasteiger partial charge in [-0.1, -0.05) is 18.2 Å². The minimum absolute atomic E-state index is 0.0143. The zero-order valence-electron chi connectivity index (χ0n) is 16.8. The number of likely N-dealkylation sites (N-methyl/N-ethyl adjacent to an activating group) is 1. The van der Waals surface area contributed by atoms with Crippen molar-refractivity contribution in [2.24, 2.45) is 17.3 Å². The summed E-state index contributed by atoms with van der Waals surface area (Å²) in [6.45, 7) is 3.20. The number of nitrogens with zero attached hydrogens (tertiary/aromatic N) is 1. The molecule has 5 nitrogen and oxygen atoms in total. The molecular weight excluding hydrogens is 352 g/mol. The van der Waals surface area contributed by atoms with E-state index in [1.54, 1.807) is 7.11 Å². The van der Waals surface area contributed by atoms with Crippen LogP contribution in [0.15, 0.2) is 24.3 Å². The highest BCUT2D eigenvalue weighted by atomic mass is 16.6. The van der Waals surface area contributed by atoms with E-state index in [0.29, 0.717) is 17.9 Å². The molecule has 28 heavy (non-hydrogen) atoms. The largest absolute Gasteiger partial charge is 0.493 e. The van der Waals surface area contributed by atoms with E-state index >= 15 is 0 Å². The van der Waals surface area contributed by atoms with E-state index < -0.39 is 0 Å². The predicted molar refractivity (Wildman–Crippen MR) is 105 cm³/mol. The molecule has 1 aromatic carbocycles. The summed E-state index contributed by atoms with van der Waals surface area (Å²) in [6.07, 6.45) is 7.20. The fraction of sp³-hybridized carbons (Fsp3) is 0.652. The van der Waals surface area contributed by atoms with Crippen molar-refractivity contribution < 1.29 is 14.2 Å². The third-order valence-corrected chi connectivity index (χ3v) is 9.48. The Hall–Kier alpha value is -1.56. The third kappa shape index (κ3) is 1.33. The molecule has 7 atom stereocenters. The Bertz CT molecular complexity index is 931. The van der Waals surface area contributed by atoms with Crippen LogP contribution in [0, 0.1) is 17.3 Å². The number of rotatable bonds is 2. The number of benzene rings is 1. The van der Waals surface area contributed by atoms with Crippen LogP contribution in [0.3, 0.4) is 0 Å². The van der Waals surface area contributed by atoms with Crippen molar-refractivity contribution in [3.05, 3.63) is 35.4 Å². The lowest BCUT2D eigenvalue weighted by Crippen LogP contribution is -2.81. The van der Waals surface area contributed by atoms with E-state index in [1.165, 1.54) is 11.1 Å². The van der Waals surface area contributed by atoms with Crippen molar-refractivity contribution in [2.75, 3.05) is 40.9 Å². The zero-order chi connectivity index (χ0) is 18.9. The van der Waals surface area contributed by atoms with Crippen LogP contribution in [0.1, 0.15) is 17.5 Å². The quantitative estimate of drug-likeness (QED) is 0.792. The van der Waals surface area contributed by atoms with E-state index in [2.05, 4.69) is 41.5 Å². The summed E-state index contributed by atoms with van der Waals surface area (Å²) < 4.78 is 19.1. The number of ether oxygens (including phenoxy) is 3. The molecule has 4 aliphatic carbocycles. The lowest BCUT2D eigenvalue weighted by molar-refractivity contribution is -0.230. The van der Waals surface area contributed by atoms with E-state index in [0.717, 1.165) is 44.0 Å². The first kappa shape index (κ1) is 16.3. The highest BCUT2D eigenvalue weighted by molar-refractivity contribution is 5.66. The maximum atomic E-state index is 6.92. The first-order chi connectivity index (χ1) is 13.6. The van der Waals surface area contributed by atoms with E-state index in [1.807, 2.05) is 7.11 Å². The second-order valence-corrected chi connectivity index (χ2v) is 9.75. The van der Waals surface area contributed by atoms with Gasteiger partial charge in [0.15, 0.2) is 11.5 Å². The van der Waals surface area contributed by atoms with E-state index in [9.17, 15) is 0 Å². The maximum absolute atomic E-state index is 6.92. The molecule has 0 radical (unpaired) electrons. The monoisotopic (exact) mass is 380 g/mol. The van der Waals surface area contributed by atoms with Crippen molar-refractivity contribution in [3.8, 4) is 11.5 Å². The van der Waals surface area contributed by atoms with Crippen molar-refractivity contribution in [2.45, 2.75) is 36.0 Å². The van der Waals surface area contributed by atoms with Gasteiger partial charge >= 0.3 is 0 Å². The number of methoxy groups -OCH3 is 2. The standard InChI is InChI=1S/C23H28N2O3/c1-25-9-8-22-18-13-4-5-16(26-2)19(18)28-20(22)23(27-3)7-6-21(22,17(25)10-13)14-11-24-12-15(14)23/h4-7,14-15,17,20,24H,8-12H2,1-3H3. The molecule has 3 aliphatic heterocycles. The molecule has 1 aromatic rings. The molecule has 148 valence electrons. The van der Waals surface area contributed by atoms with Crippen molar-refractivity contribution in [1.82, 2.24) is 10.2 Å². The van der Waals surface area contributed by atoms with Gasteiger partial charge in [-0.15, -0.1) is 0 Å².